The van der Waals surface area contributed by atoms with Crippen LogP contribution in [0.2, 0.25) is 0 Å². The zero-order valence-electron chi connectivity index (χ0n) is 23.0. The lowest BCUT2D eigenvalue weighted by Crippen LogP contribution is -2.51. The van der Waals surface area contributed by atoms with E-state index in [2.05, 4.69) is 33.3 Å². The van der Waals surface area contributed by atoms with E-state index in [0.29, 0.717) is 18.0 Å². The SMILES string of the molecule is Oc1cc(-c2cnc3c(N4CC5CCC(C4)N5)cc(OCC4(CN5CCCC5)CC4)nc3c2)c2ccccc2c1. The van der Waals surface area contributed by atoms with E-state index in [-0.39, 0.29) is 11.2 Å². The molecule has 40 heavy (non-hydrogen) atoms. The van der Waals surface area contributed by atoms with E-state index in [0.717, 1.165) is 64.9 Å². The molecule has 2 aromatic carbocycles. The maximum Gasteiger partial charge on any atom is 0.216 e. The molecule has 3 aliphatic heterocycles. The van der Waals surface area contributed by atoms with Gasteiger partial charge in [0.25, 0.3) is 0 Å². The number of benzene rings is 2. The molecule has 1 aliphatic carbocycles. The molecule has 2 aromatic heterocycles. The molecule has 1 saturated carbocycles. The Hall–Kier alpha value is -3.42. The van der Waals surface area contributed by atoms with Gasteiger partial charge in [-0.1, -0.05) is 24.3 Å². The number of aromatic nitrogens is 2. The highest BCUT2D eigenvalue weighted by molar-refractivity contribution is 6.00. The molecule has 0 spiro atoms. The molecular weight excluding hydrogens is 498 g/mol. The average molecular weight is 536 g/mol. The lowest BCUT2D eigenvalue weighted by atomic mass is 9.98. The number of aromatic hydroxyl groups is 1. The van der Waals surface area contributed by atoms with Crippen molar-refractivity contribution in [3.8, 4) is 22.8 Å². The molecule has 4 aliphatic rings. The Balaban J connectivity index is 1.17. The summed E-state index contributed by atoms with van der Waals surface area (Å²) in [4.78, 5) is 15.1. The normalized spacial score (nSPS) is 23.8. The van der Waals surface area contributed by atoms with Crippen molar-refractivity contribution < 1.29 is 9.84 Å². The minimum absolute atomic E-state index is 0.253. The third-order valence-corrected chi connectivity index (χ3v) is 9.56. The summed E-state index contributed by atoms with van der Waals surface area (Å²) in [5, 5.41) is 16.3. The van der Waals surface area contributed by atoms with Gasteiger partial charge >= 0.3 is 0 Å². The molecule has 206 valence electrons. The van der Waals surface area contributed by atoms with Crippen LogP contribution in [0.25, 0.3) is 32.9 Å². The maximum absolute atomic E-state index is 10.5. The van der Waals surface area contributed by atoms with Crippen LogP contribution in [-0.2, 0) is 0 Å². The molecule has 0 amide bonds. The highest BCUT2D eigenvalue weighted by atomic mass is 16.5. The van der Waals surface area contributed by atoms with E-state index >= 15 is 0 Å². The first-order valence-electron chi connectivity index (χ1n) is 15.0. The quantitative estimate of drug-likeness (QED) is 0.330. The Labute approximate surface area is 235 Å². The third kappa shape index (κ3) is 4.55. The molecule has 4 fully saturated rings. The summed E-state index contributed by atoms with van der Waals surface area (Å²) in [7, 11) is 0. The Morgan fingerprint density at radius 3 is 2.60 bits per heavy atom. The maximum atomic E-state index is 10.5. The first-order chi connectivity index (χ1) is 19.6. The van der Waals surface area contributed by atoms with Crippen LogP contribution in [0.1, 0.15) is 38.5 Å². The van der Waals surface area contributed by atoms with Crippen molar-refractivity contribution in [2.24, 2.45) is 5.41 Å². The number of anilines is 1. The van der Waals surface area contributed by atoms with Crippen LogP contribution in [0.15, 0.2) is 54.7 Å². The minimum Gasteiger partial charge on any atom is -0.508 e. The second kappa shape index (κ2) is 9.60. The van der Waals surface area contributed by atoms with Crippen LogP contribution in [0.4, 0.5) is 5.69 Å². The van der Waals surface area contributed by atoms with Crippen molar-refractivity contribution in [2.45, 2.75) is 50.6 Å². The molecule has 2 N–H and O–H groups in total. The van der Waals surface area contributed by atoms with Gasteiger partial charge in [0.15, 0.2) is 0 Å². The summed E-state index contributed by atoms with van der Waals surface area (Å²) in [6.45, 7) is 6.28. The third-order valence-electron chi connectivity index (χ3n) is 9.56. The number of likely N-dealkylation sites (tertiary alicyclic amines) is 1. The van der Waals surface area contributed by atoms with Crippen molar-refractivity contribution in [2.75, 3.05) is 44.2 Å². The summed E-state index contributed by atoms with van der Waals surface area (Å²) >= 11 is 0. The van der Waals surface area contributed by atoms with E-state index in [1.165, 1.54) is 51.6 Å². The second-order valence-electron chi connectivity index (χ2n) is 12.6. The fraction of sp³-hybridized carbons (Fsp3) is 0.455. The lowest BCUT2D eigenvalue weighted by Gasteiger charge is -2.35. The van der Waals surface area contributed by atoms with Gasteiger partial charge < -0.3 is 25.0 Å². The van der Waals surface area contributed by atoms with E-state index in [1.54, 1.807) is 0 Å². The molecule has 2 atom stereocenters. The summed E-state index contributed by atoms with van der Waals surface area (Å²) in [6, 6.07) is 17.1. The Bertz CT molecular complexity index is 1570. The van der Waals surface area contributed by atoms with Crippen LogP contribution >= 0.6 is 0 Å². The van der Waals surface area contributed by atoms with Crippen LogP contribution < -0.4 is 15.0 Å². The molecule has 4 aromatic rings. The molecule has 7 heteroatoms. The number of hydrogen-bond acceptors (Lipinski definition) is 7. The molecule has 0 radical (unpaired) electrons. The van der Waals surface area contributed by atoms with Crippen molar-refractivity contribution in [3.63, 3.8) is 0 Å². The zero-order valence-corrected chi connectivity index (χ0v) is 23.0. The first-order valence-corrected chi connectivity index (χ1v) is 15.0. The van der Waals surface area contributed by atoms with E-state index in [4.69, 9.17) is 14.7 Å². The number of phenolic OH excluding ortho intramolecular Hbond substituents is 1. The van der Waals surface area contributed by atoms with Crippen molar-refractivity contribution >= 4 is 27.5 Å². The fourth-order valence-corrected chi connectivity index (χ4v) is 7.23. The number of rotatable bonds is 7. The summed E-state index contributed by atoms with van der Waals surface area (Å²) < 4.78 is 6.54. The molecular formula is C33H37N5O2. The van der Waals surface area contributed by atoms with Crippen molar-refractivity contribution in [1.29, 1.82) is 0 Å². The molecule has 2 unspecified atom stereocenters. The molecule has 5 heterocycles. The van der Waals surface area contributed by atoms with E-state index in [1.807, 2.05) is 36.5 Å². The largest absolute Gasteiger partial charge is 0.508 e. The topological polar surface area (TPSA) is 73.8 Å². The average Bonchev–Trinajstić information content (AvgIpc) is 3.37. The van der Waals surface area contributed by atoms with Crippen LogP contribution in [0.3, 0.4) is 0 Å². The number of nitrogens with one attached hydrogen (secondary N) is 1. The van der Waals surface area contributed by atoms with Gasteiger partial charge in [-0.3, -0.25) is 4.98 Å². The second-order valence-corrected chi connectivity index (χ2v) is 12.6. The van der Waals surface area contributed by atoms with Gasteiger partial charge in [0, 0.05) is 55.0 Å². The number of ether oxygens (including phenoxy) is 1. The van der Waals surface area contributed by atoms with Gasteiger partial charge in [0.05, 0.1) is 17.8 Å². The number of fused-ring (bicyclic) bond motifs is 4. The molecule has 8 rings (SSSR count). The fourth-order valence-electron chi connectivity index (χ4n) is 7.23. The highest BCUT2D eigenvalue weighted by Gasteiger charge is 2.45. The standard InChI is InChI=1S/C33H37N5O2/c39-26-13-22-5-1-2-6-27(22)28(15-26)23-14-29-32(34-17-23)30(38-18-24-7-8-25(19-38)35-24)16-31(36-29)40-21-33(9-10-33)20-37-11-3-4-12-37/h1-2,5-6,13-17,24-25,35,39H,3-4,7-12,18-21H2. The van der Waals surface area contributed by atoms with Gasteiger partial charge in [0.1, 0.15) is 11.3 Å². The Morgan fingerprint density at radius 1 is 1.00 bits per heavy atom. The number of piperazine rings is 1. The Kier molecular flexibility index (Phi) is 5.85. The van der Waals surface area contributed by atoms with Crippen molar-refractivity contribution in [3.05, 3.63) is 54.7 Å². The molecule has 2 bridgehead atoms. The van der Waals surface area contributed by atoms with Crippen molar-refractivity contribution in [1.82, 2.24) is 20.2 Å². The van der Waals surface area contributed by atoms with Gasteiger partial charge in [0.2, 0.25) is 5.88 Å². The monoisotopic (exact) mass is 535 g/mol. The van der Waals surface area contributed by atoms with Gasteiger partial charge in [-0.2, -0.15) is 0 Å². The number of nitrogens with zero attached hydrogens (tertiary/aromatic N) is 4. The minimum atomic E-state index is 0.253. The number of phenols is 1. The van der Waals surface area contributed by atoms with E-state index < -0.39 is 0 Å². The van der Waals surface area contributed by atoms with Crippen LogP contribution in [0.5, 0.6) is 11.6 Å². The zero-order chi connectivity index (χ0) is 26.7. The summed E-state index contributed by atoms with van der Waals surface area (Å²) in [5.41, 5.74) is 5.06. The smallest absolute Gasteiger partial charge is 0.216 e. The van der Waals surface area contributed by atoms with Gasteiger partial charge in [-0.25, -0.2) is 4.98 Å². The molecule has 7 nitrogen and oxygen atoms in total. The van der Waals surface area contributed by atoms with Gasteiger partial charge in [-0.15, -0.1) is 0 Å². The Morgan fingerprint density at radius 2 is 1.80 bits per heavy atom. The van der Waals surface area contributed by atoms with Crippen LogP contribution in [0, 0.1) is 5.41 Å². The van der Waals surface area contributed by atoms with E-state index in [9.17, 15) is 5.11 Å². The number of hydrogen-bond donors (Lipinski definition) is 2. The van der Waals surface area contributed by atoms with Gasteiger partial charge in [-0.05, 0) is 86.1 Å². The highest BCUT2D eigenvalue weighted by Crippen LogP contribution is 2.47. The molecule has 3 saturated heterocycles. The predicted octanol–water partition coefficient (Wildman–Crippen LogP) is 5.35. The predicted molar refractivity (Wildman–Crippen MR) is 159 cm³/mol. The lowest BCUT2D eigenvalue weighted by molar-refractivity contribution is 0.175. The summed E-state index contributed by atoms with van der Waals surface area (Å²) in [6.07, 6.45) is 9.51. The van der Waals surface area contributed by atoms with Crippen LogP contribution in [-0.4, -0.2) is 71.4 Å². The first kappa shape index (κ1) is 24.4. The number of pyridine rings is 2. The summed E-state index contributed by atoms with van der Waals surface area (Å²) in [5.74, 6) is 0.948.